The molecule has 2 aromatic carbocycles. The molecule has 1 amide bonds. The van der Waals surface area contributed by atoms with Crippen LogP contribution in [0.3, 0.4) is 0 Å². The van der Waals surface area contributed by atoms with Gasteiger partial charge in [0.15, 0.2) is 5.78 Å². The topological polar surface area (TPSA) is 78.1 Å². The Balaban J connectivity index is 1.78. The Kier molecular flexibility index (Phi) is 4.33. The van der Waals surface area contributed by atoms with Crippen LogP contribution in [0.15, 0.2) is 89.9 Å². The Morgan fingerprint density at radius 2 is 1.71 bits per heavy atom. The monoisotopic (exact) mass is 450 g/mol. The number of amides is 1. The van der Waals surface area contributed by atoms with Crippen LogP contribution in [-0.4, -0.2) is 16.3 Å². The lowest BCUT2D eigenvalue weighted by molar-refractivity contribution is -0.122. The molecule has 1 atom stereocenters. The lowest BCUT2D eigenvalue weighted by atomic mass is 9.63. The van der Waals surface area contributed by atoms with Gasteiger partial charge in [0, 0.05) is 47.0 Å². The predicted molar refractivity (Wildman–Crippen MR) is 125 cm³/mol. The first-order valence-electron chi connectivity index (χ1n) is 11.1. The molecular formula is C27H19FN4O2. The second kappa shape index (κ2) is 7.29. The summed E-state index contributed by atoms with van der Waals surface area (Å²) in [5.41, 5.74) is 1.41. The number of Topliss-reactive ketones (excluding diaryl/α,β-unsaturated/α-hetero) is 1. The summed E-state index contributed by atoms with van der Waals surface area (Å²) < 4.78 is 15.6. The third kappa shape index (κ3) is 2.54. The fourth-order valence-electron chi connectivity index (χ4n) is 5.49. The van der Waals surface area contributed by atoms with E-state index < -0.39 is 11.3 Å². The number of carbonyl (C=O) groups excluding carboxylic acids is 2. The number of allylic oxidation sites excluding steroid dienone is 1. The van der Waals surface area contributed by atoms with Crippen LogP contribution in [0.4, 0.5) is 15.8 Å². The van der Waals surface area contributed by atoms with Crippen LogP contribution in [0.5, 0.6) is 0 Å². The molecule has 2 aliphatic heterocycles. The summed E-state index contributed by atoms with van der Waals surface area (Å²) in [6, 6.07) is 19.1. The lowest BCUT2D eigenvalue weighted by Gasteiger charge is -2.44. The van der Waals surface area contributed by atoms with E-state index in [1.54, 1.807) is 41.2 Å². The van der Waals surface area contributed by atoms with E-state index in [9.17, 15) is 19.2 Å². The van der Waals surface area contributed by atoms with Crippen LogP contribution in [0, 0.1) is 17.1 Å². The molecule has 0 bridgehead atoms. The summed E-state index contributed by atoms with van der Waals surface area (Å²) in [7, 11) is 0. The Bertz CT molecular complexity index is 1460. The quantitative estimate of drug-likeness (QED) is 0.612. The van der Waals surface area contributed by atoms with Crippen LogP contribution in [-0.2, 0) is 15.0 Å². The number of fused-ring (bicyclic) bond motifs is 3. The zero-order valence-electron chi connectivity index (χ0n) is 18.1. The first kappa shape index (κ1) is 20.2. The van der Waals surface area contributed by atoms with Crippen molar-refractivity contribution < 1.29 is 14.0 Å². The molecule has 34 heavy (non-hydrogen) atoms. The van der Waals surface area contributed by atoms with E-state index in [1.807, 2.05) is 29.2 Å². The van der Waals surface area contributed by atoms with Crippen molar-refractivity contribution in [3.05, 3.63) is 101 Å². The molecule has 1 aromatic heterocycles. The summed E-state index contributed by atoms with van der Waals surface area (Å²) in [5, 5.41) is 13.5. The Labute approximate surface area is 195 Å². The maximum atomic E-state index is 13.8. The number of nitrogens with zero attached hydrogens (tertiary/aromatic N) is 3. The van der Waals surface area contributed by atoms with E-state index in [1.165, 1.54) is 12.1 Å². The highest BCUT2D eigenvalue weighted by Crippen LogP contribution is 2.56. The number of benzene rings is 2. The number of hydrogen-bond donors (Lipinski definition) is 1. The molecule has 166 valence electrons. The summed E-state index contributed by atoms with van der Waals surface area (Å²) in [5.74, 6) is -0.488. The minimum atomic E-state index is -1.55. The van der Waals surface area contributed by atoms with Crippen molar-refractivity contribution in [2.75, 3.05) is 10.2 Å². The molecule has 0 saturated carbocycles. The van der Waals surface area contributed by atoms with Gasteiger partial charge in [-0.25, -0.2) is 4.39 Å². The first-order valence-corrected chi connectivity index (χ1v) is 11.1. The molecule has 7 heteroatoms. The van der Waals surface area contributed by atoms with E-state index in [0.717, 1.165) is 0 Å². The number of para-hydroxylation sites is 1. The standard InChI is InChI=1S/C27H19FN4O2/c28-17-10-12-18(13-11-17)32-22-8-5-9-23(33)24(22)27(19-6-1-2-7-21(19)30-26(27)34)20(16-29)25(32)31-14-3-4-15-31/h1-4,6-7,10-15H,5,8-9H2,(H,30,34)/t27-/m0/s1. The highest BCUT2D eigenvalue weighted by atomic mass is 19.1. The van der Waals surface area contributed by atoms with Gasteiger partial charge in [-0.15, -0.1) is 0 Å². The smallest absolute Gasteiger partial charge is 0.245 e. The molecule has 6 nitrogen and oxygen atoms in total. The number of ketones is 1. The van der Waals surface area contributed by atoms with Gasteiger partial charge in [-0.1, -0.05) is 18.2 Å². The summed E-state index contributed by atoms with van der Waals surface area (Å²) in [4.78, 5) is 29.2. The van der Waals surface area contributed by atoms with Gasteiger partial charge in [0.1, 0.15) is 23.1 Å². The molecule has 3 aromatic rings. The van der Waals surface area contributed by atoms with Gasteiger partial charge in [-0.3, -0.25) is 14.5 Å². The largest absolute Gasteiger partial charge is 0.324 e. The van der Waals surface area contributed by atoms with Gasteiger partial charge in [-0.2, -0.15) is 5.26 Å². The third-order valence-electron chi connectivity index (χ3n) is 6.81. The summed E-state index contributed by atoms with van der Waals surface area (Å²) in [6.07, 6.45) is 5.05. The predicted octanol–water partition coefficient (Wildman–Crippen LogP) is 4.74. The number of hydrogen-bond acceptors (Lipinski definition) is 4. The lowest BCUT2D eigenvalue weighted by Crippen LogP contribution is -2.49. The van der Waals surface area contributed by atoms with Crippen molar-refractivity contribution in [1.29, 1.82) is 5.26 Å². The molecule has 3 aliphatic rings. The van der Waals surface area contributed by atoms with Crippen LogP contribution >= 0.6 is 0 Å². The van der Waals surface area contributed by atoms with Gasteiger partial charge >= 0.3 is 0 Å². The van der Waals surface area contributed by atoms with Crippen molar-refractivity contribution in [3.8, 4) is 6.07 Å². The first-order chi connectivity index (χ1) is 16.6. The molecule has 1 aliphatic carbocycles. The van der Waals surface area contributed by atoms with E-state index >= 15 is 0 Å². The van der Waals surface area contributed by atoms with Crippen LogP contribution in [0.25, 0.3) is 5.82 Å². The van der Waals surface area contributed by atoms with E-state index in [2.05, 4.69) is 11.4 Å². The summed E-state index contributed by atoms with van der Waals surface area (Å²) >= 11 is 0. The minimum absolute atomic E-state index is 0.153. The van der Waals surface area contributed by atoms with Crippen molar-refractivity contribution in [3.63, 3.8) is 0 Å². The van der Waals surface area contributed by atoms with E-state index in [4.69, 9.17) is 0 Å². The van der Waals surface area contributed by atoms with E-state index in [0.29, 0.717) is 53.3 Å². The second-order valence-electron chi connectivity index (χ2n) is 8.56. The number of rotatable bonds is 2. The number of halogens is 1. The number of carbonyl (C=O) groups is 2. The van der Waals surface area contributed by atoms with Gasteiger partial charge in [0.25, 0.3) is 0 Å². The average Bonchev–Trinajstić information content (AvgIpc) is 3.47. The van der Waals surface area contributed by atoms with Crippen molar-refractivity contribution >= 4 is 28.9 Å². The van der Waals surface area contributed by atoms with Gasteiger partial charge in [-0.05, 0) is 55.3 Å². The molecule has 0 saturated heterocycles. The zero-order chi connectivity index (χ0) is 23.4. The molecule has 3 heterocycles. The van der Waals surface area contributed by atoms with Crippen molar-refractivity contribution in [2.45, 2.75) is 24.7 Å². The second-order valence-corrected chi connectivity index (χ2v) is 8.56. The highest BCUT2D eigenvalue weighted by Gasteiger charge is 2.60. The third-order valence-corrected chi connectivity index (χ3v) is 6.81. The van der Waals surface area contributed by atoms with Gasteiger partial charge in [0.2, 0.25) is 5.91 Å². The SMILES string of the molecule is N#CC1=C(n2cccc2)N(c2ccc(F)cc2)C2=C(C(=O)CCC2)[C@@]12C(=O)Nc1ccccc12. The number of nitrogens with one attached hydrogen (secondary N) is 1. The van der Waals surface area contributed by atoms with E-state index in [-0.39, 0.29) is 17.2 Å². The van der Waals surface area contributed by atoms with Crippen molar-refractivity contribution in [1.82, 2.24) is 4.57 Å². The van der Waals surface area contributed by atoms with Crippen molar-refractivity contribution in [2.24, 2.45) is 0 Å². The van der Waals surface area contributed by atoms with Gasteiger partial charge in [0.05, 0.1) is 5.57 Å². The summed E-state index contributed by atoms with van der Waals surface area (Å²) in [6.45, 7) is 0. The zero-order valence-corrected chi connectivity index (χ0v) is 18.1. The fraction of sp³-hybridized carbons (Fsp3) is 0.148. The van der Waals surface area contributed by atoms with Crippen LogP contribution in [0.1, 0.15) is 24.8 Å². The Morgan fingerprint density at radius 1 is 0.971 bits per heavy atom. The maximum absolute atomic E-state index is 13.8. The van der Waals surface area contributed by atoms with Crippen LogP contribution < -0.4 is 10.2 Å². The number of nitriles is 1. The molecular weight excluding hydrogens is 431 g/mol. The van der Waals surface area contributed by atoms with Gasteiger partial charge < -0.3 is 9.88 Å². The molecule has 6 rings (SSSR count). The number of aromatic nitrogens is 1. The molecule has 1 spiro atoms. The number of anilines is 2. The van der Waals surface area contributed by atoms with Crippen LogP contribution in [0.2, 0.25) is 0 Å². The molecule has 1 N–H and O–H groups in total. The average molecular weight is 450 g/mol. The molecule has 0 radical (unpaired) electrons. The molecule has 0 fully saturated rings. The fourth-order valence-corrected chi connectivity index (χ4v) is 5.49. The Hall–Kier alpha value is -4.44. The normalized spacial score (nSPS) is 21.5. The molecule has 0 unspecified atom stereocenters. The Morgan fingerprint density at radius 3 is 2.44 bits per heavy atom. The highest BCUT2D eigenvalue weighted by molar-refractivity contribution is 6.21. The maximum Gasteiger partial charge on any atom is 0.245 e. The minimum Gasteiger partial charge on any atom is -0.324 e.